The lowest BCUT2D eigenvalue weighted by molar-refractivity contribution is 0.0795. The molecule has 20 heavy (non-hydrogen) atoms. The van der Waals surface area contributed by atoms with Gasteiger partial charge < -0.3 is 10.8 Å². The predicted molar refractivity (Wildman–Crippen MR) is 85.1 cm³/mol. The van der Waals surface area contributed by atoms with Crippen molar-refractivity contribution in [3.63, 3.8) is 0 Å². The van der Waals surface area contributed by atoms with Crippen molar-refractivity contribution >= 4 is 27.2 Å². The van der Waals surface area contributed by atoms with Crippen LogP contribution in [0.5, 0.6) is 0 Å². The van der Waals surface area contributed by atoms with Crippen LogP contribution in [0.2, 0.25) is 0 Å². The second-order valence-electron chi connectivity index (χ2n) is 6.35. The molecular formula is C16H22N2OS. The highest BCUT2D eigenvalue weighted by molar-refractivity contribution is 7.18. The van der Waals surface area contributed by atoms with Crippen LogP contribution in [0.3, 0.4) is 0 Å². The van der Waals surface area contributed by atoms with Gasteiger partial charge in [-0.3, -0.25) is 0 Å². The first kappa shape index (κ1) is 13.8. The van der Waals surface area contributed by atoms with E-state index in [1.807, 2.05) is 12.1 Å². The summed E-state index contributed by atoms with van der Waals surface area (Å²) in [5.74, 6) is 0.618. The first-order valence-corrected chi connectivity index (χ1v) is 8.19. The highest BCUT2D eigenvalue weighted by Crippen LogP contribution is 2.39. The molecule has 1 aliphatic carbocycles. The molecule has 1 fully saturated rings. The number of thiazole rings is 1. The summed E-state index contributed by atoms with van der Waals surface area (Å²) < 4.78 is 1.14. The van der Waals surface area contributed by atoms with Gasteiger partial charge in [-0.05, 0) is 38.8 Å². The number of hydrogen-bond donors (Lipinski definition) is 2. The van der Waals surface area contributed by atoms with E-state index in [0.29, 0.717) is 11.6 Å². The van der Waals surface area contributed by atoms with Crippen LogP contribution in [0.25, 0.3) is 10.2 Å². The van der Waals surface area contributed by atoms with Gasteiger partial charge in [0.05, 0.1) is 20.8 Å². The van der Waals surface area contributed by atoms with E-state index < -0.39 is 5.60 Å². The van der Waals surface area contributed by atoms with E-state index in [2.05, 4.69) is 0 Å². The second kappa shape index (κ2) is 5.01. The molecule has 1 saturated carbocycles. The van der Waals surface area contributed by atoms with Gasteiger partial charge in [0.2, 0.25) is 0 Å². The summed E-state index contributed by atoms with van der Waals surface area (Å²) in [6.45, 7) is 3.54. The SMILES string of the molecule is CC(C)(O)c1cc2sc(C3CCCCC3)nc2cc1N. The Kier molecular flexibility index (Phi) is 3.46. The number of fused-ring (bicyclic) bond motifs is 1. The molecule has 0 atom stereocenters. The van der Waals surface area contributed by atoms with E-state index in [1.54, 1.807) is 25.2 Å². The van der Waals surface area contributed by atoms with Crippen LogP contribution in [0, 0.1) is 0 Å². The molecule has 1 aliphatic rings. The molecule has 1 aromatic carbocycles. The number of rotatable bonds is 2. The van der Waals surface area contributed by atoms with E-state index in [9.17, 15) is 5.11 Å². The van der Waals surface area contributed by atoms with Gasteiger partial charge in [0.1, 0.15) is 0 Å². The second-order valence-corrected chi connectivity index (χ2v) is 7.42. The van der Waals surface area contributed by atoms with Crippen LogP contribution in [0.15, 0.2) is 12.1 Å². The number of benzene rings is 1. The van der Waals surface area contributed by atoms with E-state index in [4.69, 9.17) is 10.7 Å². The largest absolute Gasteiger partial charge is 0.398 e. The Morgan fingerprint density at radius 1 is 1.25 bits per heavy atom. The molecule has 0 amide bonds. The zero-order chi connectivity index (χ0) is 14.3. The van der Waals surface area contributed by atoms with Crippen molar-refractivity contribution in [2.45, 2.75) is 57.5 Å². The molecule has 1 aromatic heterocycles. The molecule has 0 spiro atoms. The third-order valence-electron chi connectivity index (χ3n) is 4.19. The molecule has 3 nitrogen and oxygen atoms in total. The van der Waals surface area contributed by atoms with Gasteiger partial charge in [-0.25, -0.2) is 4.98 Å². The Bertz CT molecular complexity index is 621. The zero-order valence-corrected chi connectivity index (χ0v) is 13.0. The van der Waals surface area contributed by atoms with Crippen molar-refractivity contribution in [3.8, 4) is 0 Å². The van der Waals surface area contributed by atoms with E-state index >= 15 is 0 Å². The van der Waals surface area contributed by atoms with Crippen LogP contribution in [-0.4, -0.2) is 10.1 Å². The lowest BCUT2D eigenvalue weighted by Crippen LogP contribution is -2.17. The van der Waals surface area contributed by atoms with Gasteiger partial charge in [-0.2, -0.15) is 0 Å². The van der Waals surface area contributed by atoms with Gasteiger partial charge in [0.25, 0.3) is 0 Å². The molecular weight excluding hydrogens is 268 g/mol. The van der Waals surface area contributed by atoms with Crippen LogP contribution in [0.4, 0.5) is 5.69 Å². The minimum absolute atomic E-state index is 0.618. The number of nitrogens with two attached hydrogens (primary N) is 1. The Morgan fingerprint density at radius 3 is 2.60 bits per heavy atom. The van der Waals surface area contributed by atoms with Crippen LogP contribution in [0.1, 0.15) is 62.4 Å². The Hall–Kier alpha value is -1.13. The summed E-state index contributed by atoms with van der Waals surface area (Å²) in [4.78, 5) is 4.78. The van der Waals surface area contributed by atoms with Gasteiger partial charge in [-0.15, -0.1) is 11.3 Å². The molecule has 0 saturated heterocycles. The van der Waals surface area contributed by atoms with E-state index in [1.165, 1.54) is 37.1 Å². The fourth-order valence-corrected chi connectivity index (χ4v) is 4.22. The summed E-state index contributed by atoms with van der Waals surface area (Å²) in [6.07, 6.45) is 6.51. The van der Waals surface area contributed by atoms with E-state index in [0.717, 1.165) is 15.8 Å². The van der Waals surface area contributed by atoms with Crippen LogP contribution >= 0.6 is 11.3 Å². The molecule has 0 radical (unpaired) electrons. The van der Waals surface area contributed by atoms with Gasteiger partial charge in [-0.1, -0.05) is 19.3 Å². The maximum atomic E-state index is 10.2. The standard InChI is InChI=1S/C16H22N2OS/c1-16(2,19)11-8-14-13(9-12(11)17)18-15(20-14)10-6-4-3-5-7-10/h8-10,19H,3-7,17H2,1-2H3. The fraction of sp³-hybridized carbons (Fsp3) is 0.562. The molecule has 3 rings (SSSR count). The number of aliphatic hydroxyl groups is 1. The topological polar surface area (TPSA) is 59.1 Å². The third-order valence-corrected chi connectivity index (χ3v) is 5.37. The third kappa shape index (κ3) is 2.54. The predicted octanol–water partition coefficient (Wildman–Crippen LogP) is 4.15. The molecule has 0 aliphatic heterocycles. The average Bonchev–Trinajstić information content (AvgIpc) is 2.80. The number of hydrogen-bond acceptors (Lipinski definition) is 4. The Morgan fingerprint density at radius 2 is 1.95 bits per heavy atom. The molecule has 108 valence electrons. The monoisotopic (exact) mass is 290 g/mol. The van der Waals surface area contributed by atoms with Crippen LogP contribution in [-0.2, 0) is 5.60 Å². The molecule has 4 heteroatoms. The fourth-order valence-electron chi connectivity index (χ4n) is 3.06. The quantitative estimate of drug-likeness (QED) is 0.817. The molecule has 2 aromatic rings. The van der Waals surface area contributed by atoms with Crippen molar-refractivity contribution < 1.29 is 5.11 Å². The van der Waals surface area contributed by atoms with Crippen molar-refractivity contribution in [3.05, 3.63) is 22.7 Å². The van der Waals surface area contributed by atoms with Crippen molar-refractivity contribution in [2.75, 3.05) is 5.73 Å². The highest BCUT2D eigenvalue weighted by Gasteiger charge is 2.23. The minimum atomic E-state index is -0.909. The van der Waals surface area contributed by atoms with Gasteiger partial charge >= 0.3 is 0 Å². The summed E-state index contributed by atoms with van der Waals surface area (Å²) in [7, 11) is 0. The number of anilines is 1. The van der Waals surface area contributed by atoms with Crippen molar-refractivity contribution in [1.82, 2.24) is 4.98 Å². The number of nitrogen functional groups attached to an aromatic ring is 1. The molecule has 3 N–H and O–H groups in total. The molecule has 1 heterocycles. The molecule has 0 unspecified atom stereocenters. The first-order chi connectivity index (χ1) is 9.45. The van der Waals surface area contributed by atoms with Gasteiger partial charge in [0.15, 0.2) is 0 Å². The summed E-state index contributed by atoms with van der Waals surface area (Å²) in [5, 5.41) is 11.4. The van der Waals surface area contributed by atoms with Crippen molar-refractivity contribution in [1.29, 1.82) is 0 Å². The summed E-state index contributed by atoms with van der Waals surface area (Å²) in [6, 6.07) is 3.92. The number of nitrogens with zero attached hydrogens (tertiary/aromatic N) is 1. The summed E-state index contributed by atoms with van der Waals surface area (Å²) >= 11 is 1.76. The van der Waals surface area contributed by atoms with Crippen LogP contribution < -0.4 is 5.73 Å². The van der Waals surface area contributed by atoms with Gasteiger partial charge in [0, 0.05) is 17.2 Å². The minimum Gasteiger partial charge on any atom is -0.398 e. The maximum absolute atomic E-state index is 10.2. The number of aromatic nitrogens is 1. The highest BCUT2D eigenvalue weighted by atomic mass is 32.1. The van der Waals surface area contributed by atoms with Crippen molar-refractivity contribution in [2.24, 2.45) is 0 Å². The van der Waals surface area contributed by atoms with E-state index in [-0.39, 0.29) is 0 Å². The normalized spacial score (nSPS) is 17.8. The smallest absolute Gasteiger partial charge is 0.0969 e. The maximum Gasteiger partial charge on any atom is 0.0969 e. The average molecular weight is 290 g/mol. The summed E-state index contributed by atoms with van der Waals surface area (Å²) in [5.41, 5.74) is 7.55. The zero-order valence-electron chi connectivity index (χ0n) is 12.1. The Labute approximate surface area is 123 Å². The first-order valence-electron chi connectivity index (χ1n) is 7.38. The lowest BCUT2D eigenvalue weighted by Gasteiger charge is -2.19. The lowest BCUT2D eigenvalue weighted by atomic mass is 9.90. The molecule has 0 bridgehead atoms. The Balaban J connectivity index is 2.02.